The molecule has 2 unspecified atom stereocenters. The summed E-state index contributed by atoms with van der Waals surface area (Å²) in [5.41, 5.74) is 0. The summed E-state index contributed by atoms with van der Waals surface area (Å²) in [6.45, 7) is 4.17. The molecular weight excluding hydrogens is 336 g/mol. The fourth-order valence-electron chi connectivity index (χ4n) is 3.26. The summed E-state index contributed by atoms with van der Waals surface area (Å²) >= 11 is 0. The first-order valence-corrected chi connectivity index (χ1v) is 12.1. The van der Waals surface area contributed by atoms with Gasteiger partial charge in [-0.2, -0.15) is 8.42 Å². The monoisotopic (exact) mass is 378 g/mol. The Kier molecular flexibility index (Phi) is 16.0. The van der Waals surface area contributed by atoms with E-state index < -0.39 is 15.4 Å². The molecule has 0 radical (unpaired) electrons. The van der Waals surface area contributed by atoms with E-state index in [0.29, 0.717) is 19.3 Å². The molecule has 0 rings (SSSR count). The number of rotatable bonds is 18. The maximum Gasteiger partial charge on any atom is 0.267 e. The van der Waals surface area contributed by atoms with Gasteiger partial charge in [-0.3, -0.25) is 4.55 Å². The van der Waals surface area contributed by atoms with Gasteiger partial charge in [-0.15, -0.1) is 0 Å². The molecule has 5 heteroatoms. The highest BCUT2D eigenvalue weighted by Crippen LogP contribution is 2.19. The predicted octanol–water partition coefficient (Wildman–Crippen LogP) is 5.89. The Hall–Kier alpha value is -0.130. The minimum Gasteiger partial charge on any atom is -0.393 e. The second kappa shape index (κ2) is 16.1. The van der Waals surface area contributed by atoms with E-state index in [1.54, 1.807) is 0 Å². The van der Waals surface area contributed by atoms with Crippen LogP contribution in [-0.2, 0) is 10.1 Å². The van der Waals surface area contributed by atoms with Gasteiger partial charge in [-0.25, -0.2) is 0 Å². The minimum atomic E-state index is -3.94. The third-order valence-corrected chi connectivity index (χ3v) is 6.40. The van der Waals surface area contributed by atoms with E-state index in [2.05, 4.69) is 6.92 Å². The summed E-state index contributed by atoms with van der Waals surface area (Å²) in [5.74, 6) is 0. The minimum absolute atomic E-state index is 0.286. The van der Waals surface area contributed by atoms with Gasteiger partial charge in [0.1, 0.15) is 0 Å². The molecule has 2 N–H and O–H groups in total. The molecule has 0 aliphatic carbocycles. The van der Waals surface area contributed by atoms with Crippen molar-refractivity contribution in [1.29, 1.82) is 0 Å². The van der Waals surface area contributed by atoms with Crippen LogP contribution in [0.1, 0.15) is 117 Å². The second-order valence-corrected chi connectivity index (χ2v) is 9.15. The van der Waals surface area contributed by atoms with Crippen LogP contribution in [0.25, 0.3) is 0 Å². The molecule has 0 fully saturated rings. The van der Waals surface area contributed by atoms with Gasteiger partial charge >= 0.3 is 0 Å². The number of unbranched alkanes of at least 4 members (excludes halogenated alkanes) is 10. The van der Waals surface area contributed by atoms with Gasteiger partial charge in [0.25, 0.3) is 10.1 Å². The highest BCUT2D eigenvalue weighted by atomic mass is 32.2. The van der Waals surface area contributed by atoms with Gasteiger partial charge in [0.05, 0.1) is 11.4 Å². The molecule has 0 aromatic carbocycles. The first-order chi connectivity index (χ1) is 11.9. The van der Waals surface area contributed by atoms with Crippen molar-refractivity contribution in [2.45, 2.75) is 128 Å². The van der Waals surface area contributed by atoms with Crippen LogP contribution >= 0.6 is 0 Å². The molecule has 4 nitrogen and oxygen atoms in total. The first-order valence-electron chi connectivity index (χ1n) is 10.6. The quantitative estimate of drug-likeness (QED) is 0.230. The van der Waals surface area contributed by atoms with Crippen molar-refractivity contribution in [2.24, 2.45) is 0 Å². The van der Waals surface area contributed by atoms with E-state index in [1.807, 2.05) is 6.92 Å². The normalized spacial score (nSPS) is 14.6. The Balaban J connectivity index is 3.73. The smallest absolute Gasteiger partial charge is 0.267 e. The van der Waals surface area contributed by atoms with Gasteiger partial charge in [0.2, 0.25) is 0 Å². The van der Waals surface area contributed by atoms with Gasteiger partial charge in [-0.1, -0.05) is 90.9 Å². The Bertz CT molecular complexity index is 381. The lowest BCUT2D eigenvalue weighted by molar-refractivity contribution is 0.156. The van der Waals surface area contributed by atoms with Crippen molar-refractivity contribution in [2.75, 3.05) is 0 Å². The number of hydrogen-bond acceptors (Lipinski definition) is 3. The Morgan fingerprint density at radius 3 is 1.52 bits per heavy atom. The first kappa shape index (κ1) is 24.9. The highest BCUT2D eigenvalue weighted by molar-refractivity contribution is 7.86. The van der Waals surface area contributed by atoms with E-state index >= 15 is 0 Å². The molecule has 0 saturated heterocycles. The van der Waals surface area contributed by atoms with Crippen molar-refractivity contribution < 1.29 is 18.1 Å². The maximum absolute atomic E-state index is 11.5. The lowest BCUT2D eigenvalue weighted by atomic mass is 10.0. The zero-order valence-corrected chi connectivity index (χ0v) is 17.4. The van der Waals surface area contributed by atoms with Crippen molar-refractivity contribution in [1.82, 2.24) is 0 Å². The van der Waals surface area contributed by atoms with Crippen molar-refractivity contribution >= 4 is 10.1 Å². The summed E-state index contributed by atoms with van der Waals surface area (Å²) in [6.07, 6.45) is 16.0. The molecular formula is C20H42O4S. The second-order valence-electron chi connectivity index (χ2n) is 7.45. The average Bonchev–Trinajstić information content (AvgIpc) is 2.56. The zero-order chi connectivity index (χ0) is 19.0. The summed E-state index contributed by atoms with van der Waals surface area (Å²) in [5, 5.41) is 8.90. The molecule has 0 aliphatic heterocycles. The van der Waals surface area contributed by atoms with Gasteiger partial charge in [-0.05, 0) is 25.7 Å². The fraction of sp³-hybridized carbons (Fsp3) is 1.00. The summed E-state index contributed by atoms with van der Waals surface area (Å²) in [4.78, 5) is 0. The lowest BCUT2D eigenvalue weighted by Crippen LogP contribution is -2.20. The molecule has 2 atom stereocenters. The van der Waals surface area contributed by atoms with Crippen LogP contribution in [0.2, 0.25) is 0 Å². The molecule has 0 heterocycles. The highest BCUT2D eigenvalue weighted by Gasteiger charge is 2.21. The molecule has 0 amide bonds. The van der Waals surface area contributed by atoms with E-state index in [-0.39, 0.29) is 6.10 Å². The molecule has 152 valence electrons. The Morgan fingerprint density at radius 2 is 1.08 bits per heavy atom. The standard InChI is InChI=1S/C20H42O4S/c1-3-5-6-7-8-9-10-11-12-13-17-20(25(22,23)24)18-15-14-16-19(21)4-2/h19-21H,3-18H2,1-2H3,(H,22,23,24). The van der Waals surface area contributed by atoms with Crippen molar-refractivity contribution in [3.8, 4) is 0 Å². The number of aliphatic hydroxyl groups is 1. The maximum atomic E-state index is 11.5. The van der Waals surface area contributed by atoms with Crippen molar-refractivity contribution in [3.63, 3.8) is 0 Å². The molecule has 0 aromatic heterocycles. The average molecular weight is 379 g/mol. The Labute approximate surface area is 156 Å². The molecule has 0 saturated carbocycles. The van der Waals surface area contributed by atoms with Crippen LogP contribution in [0.5, 0.6) is 0 Å². The SMILES string of the molecule is CCCCCCCCCCCCC(CCCCC(O)CC)S(=O)(=O)O. The van der Waals surface area contributed by atoms with E-state index in [0.717, 1.165) is 38.5 Å². The summed E-state index contributed by atoms with van der Waals surface area (Å²) < 4.78 is 32.4. The van der Waals surface area contributed by atoms with Crippen LogP contribution in [-0.4, -0.2) is 29.4 Å². The number of aliphatic hydroxyl groups excluding tert-OH is 1. The van der Waals surface area contributed by atoms with E-state index in [1.165, 1.54) is 44.9 Å². The molecule has 0 spiro atoms. The third kappa shape index (κ3) is 15.8. The van der Waals surface area contributed by atoms with Gasteiger partial charge < -0.3 is 5.11 Å². The van der Waals surface area contributed by atoms with Crippen LogP contribution in [0.15, 0.2) is 0 Å². The van der Waals surface area contributed by atoms with Gasteiger partial charge in [0, 0.05) is 0 Å². The topological polar surface area (TPSA) is 74.6 Å². The largest absolute Gasteiger partial charge is 0.393 e. The van der Waals surface area contributed by atoms with Crippen LogP contribution in [0.3, 0.4) is 0 Å². The van der Waals surface area contributed by atoms with E-state index in [9.17, 15) is 18.1 Å². The molecule has 0 bridgehead atoms. The third-order valence-electron chi connectivity index (χ3n) is 5.09. The fourth-order valence-corrected chi connectivity index (χ4v) is 4.19. The predicted molar refractivity (Wildman–Crippen MR) is 107 cm³/mol. The van der Waals surface area contributed by atoms with Crippen LogP contribution in [0, 0.1) is 0 Å². The zero-order valence-electron chi connectivity index (χ0n) is 16.6. The Morgan fingerprint density at radius 1 is 0.680 bits per heavy atom. The van der Waals surface area contributed by atoms with Crippen LogP contribution in [0.4, 0.5) is 0 Å². The van der Waals surface area contributed by atoms with E-state index in [4.69, 9.17) is 0 Å². The van der Waals surface area contributed by atoms with Gasteiger partial charge in [0.15, 0.2) is 0 Å². The van der Waals surface area contributed by atoms with Crippen LogP contribution < -0.4 is 0 Å². The lowest BCUT2D eigenvalue weighted by Gasteiger charge is -2.14. The molecule has 0 aromatic rings. The summed E-state index contributed by atoms with van der Waals surface area (Å²) in [6, 6.07) is 0. The summed E-state index contributed by atoms with van der Waals surface area (Å²) in [7, 11) is -3.94. The van der Waals surface area contributed by atoms with Crippen molar-refractivity contribution in [3.05, 3.63) is 0 Å². The molecule has 25 heavy (non-hydrogen) atoms. The number of hydrogen-bond donors (Lipinski definition) is 2. The molecule has 0 aliphatic rings.